The average Bonchev–Trinajstić information content (AvgIpc) is 2.57. The van der Waals surface area contributed by atoms with Crippen LogP contribution >= 0.6 is 0 Å². The van der Waals surface area contributed by atoms with Gasteiger partial charge in [0.1, 0.15) is 0 Å². The van der Waals surface area contributed by atoms with Gasteiger partial charge in [-0.05, 0) is 43.5 Å². The molecular formula is C16H18N2O2. The summed E-state index contributed by atoms with van der Waals surface area (Å²) in [7, 11) is 0. The van der Waals surface area contributed by atoms with Crippen LogP contribution < -0.4 is 10.6 Å². The predicted molar refractivity (Wildman–Crippen MR) is 78.1 cm³/mol. The number of carbonyl (C=O) groups excluding carboxylic acids is 2. The molecule has 4 nitrogen and oxygen atoms in total. The highest BCUT2D eigenvalue weighted by Gasteiger charge is 2.25. The lowest BCUT2D eigenvalue weighted by molar-refractivity contribution is -0.125. The summed E-state index contributed by atoms with van der Waals surface area (Å²) in [6.07, 6.45) is 2.38. The van der Waals surface area contributed by atoms with Crippen LogP contribution in [0.2, 0.25) is 0 Å². The fraction of sp³-hybridized carbons (Fsp3) is 0.375. The minimum absolute atomic E-state index is 0.129. The summed E-state index contributed by atoms with van der Waals surface area (Å²) in [5, 5.41) is 0. The molecule has 1 aromatic carbocycles. The molecule has 1 aliphatic heterocycles. The van der Waals surface area contributed by atoms with Crippen molar-refractivity contribution in [3.8, 4) is 11.8 Å². The second-order valence-electron chi connectivity index (χ2n) is 4.89. The molecule has 0 saturated carbocycles. The normalized spacial score (nSPS) is 15.6. The Morgan fingerprint density at radius 2 is 1.80 bits per heavy atom. The molecule has 2 N–H and O–H groups in total. The van der Waals surface area contributed by atoms with E-state index in [2.05, 4.69) is 11.8 Å². The Hall–Kier alpha value is -2.12. The Bertz CT molecular complexity index is 578. The van der Waals surface area contributed by atoms with Crippen LogP contribution in [0.1, 0.15) is 36.8 Å². The number of benzene rings is 1. The molecule has 2 amide bonds. The lowest BCUT2D eigenvalue weighted by Crippen LogP contribution is -2.35. The first kappa shape index (κ1) is 14.3. The van der Waals surface area contributed by atoms with Gasteiger partial charge in [-0.25, -0.2) is 0 Å². The fourth-order valence-corrected chi connectivity index (χ4v) is 2.32. The summed E-state index contributed by atoms with van der Waals surface area (Å²) in [4.78, 5) is 25.5. The van der Waals surface area contributed by atoms with Gasteiger partial charge in [-0.15, -0.1) is 0 Å². The number of carbonyl (C=O) groups is 2. The number of nitrogens with zero attached hydrogens (tertiary/aromatic N) is 1. The first-order valence-electron chi connectivity index (χ1n) is 6.78. The number of anilines is 1. The maximum Gasteiger partial charge on any atom is 0.233 e. The highest BCUT2D eigenvalue weighted by atomic mass is 16.2. The molecule has 0 aliphatic carbocycles. The first-order valence-corrected chi connectivity index (χ1v) is 6.78. The van der Waals surface area contributed by atoms with E-state index in [9.17, 15) is 9.59 Å². The van der Waals surface area contributed by atoms with E-state index in [0.717, 1.165) is 24.0 Å². The van der Waals surface area contributed by atoms with E-state index in [0.29, 0.717) is 18.5 Å². The van der Waals surface area contributed by atoms with Crippen molar-refractivity contribution in [3.05, 3.63) is 29.3 Å². The molecule has 1 fully saturated rings. The molecule has 0 spiro atoms. The minimum Gasteiger partial charge on any atom is -0.320 e. The summed E-state index contributed by atoms with van der Waals surface area (Å²) in [5.74, 6) is 5.47. The van der Waals surface area contributed by atoms with E-state index in [1.807, 2.05) is 19.1 Å². The van der Waals surface area contributed by atoms with Gasteiger partial charge >= 0.3 is 0 Å². The molecule has 20 heavy (non-hydrogen) atoms. The molecule has 1 saturated heterocycles. The van der Waals surface area contributed by atoms with Crippen molar-refractivity contribution in [2.45, 2.75) is 32.6 Å². The third-order valence-corrected chi connectivity index (χ3v) is 3.19. The van der Waals surface area contributed by atoms with Crippen LogP contribution in [0.4, 0.5) is 5.69 Å². The molecule has 1 aromatic rings. The number of nitrogens with two attached hydrogens (primary N) is 1. The second kappa shape index (κ2) is 6.36. The Labute approximate surface area is 118 Å². The molecule has 1 heterocycles. The molecule has 1 aliphatic rings. The minimum atomic E-state index is -0.129. The maximum absolute atomic E-state index is 12.1. The monoisotopic (exact) mass is 270 g/mol. The maximum atomic E-state index is 12.1. The summed E-state index contributed by atoms with van der Waals surface area (Å²) >= 11 is 0. The third kappa shape index (κ3) is 3.25. The summed E-state index contributed by atoms with van der Waals surface area (Å²) in [5.41, 5.74) is 7.72. The van der Waals surface area contributed by atoms with E-state index in [-0.39, 0.29) is 18.4 Å². The molecule has 0 bridgehead atoms. The van der Waals surface area contributed by atoms with Crippen LogP contribution in [-0.2, 0) is 9.59 Å². The zero-order chi connectivity index (χ0) is 14.5. The standard InChI is InChI=1S/C16H18N2O2/c1-12-9-13(5-4-8-17)11-14(10-12)18-15(19)6-2-3-7-16(18)20/h9-11H,2-3,6-8,17H2,1H3. The van der Waals surface area contributed by atoms with Crippen molar-refractivity contribution in [1.82, 2.24) is 0 Å². The Morgan fingerprint density at radius 3 is 2.40 bits per heavy atom. The zero-order valence-corrected chi connectivity index (χ0v) is 11.6. The Morgan fingerprint density at radius 1 is 1.15 bits per heavy atom. The number of aryl methyl sites for hydroxylation is 1. The van der Waals surface area contributed by atoms with Crippen LogP contribution in [0, 0.1) is 18.8 Å². The van der Waals surface area contributed by atoms with Crippen molar-refractivity contribution in [2.24, 2.45) is 5.73 Å². The number of imide groups is 1. The Kier molecular flexibility index (Phi) is 4.54. The number of rotatable bonds is 1. The molecule has 0 unspecified atom stereocenters. The van der Waals surface area contributed by atoms with Gasteiger partial charge in [0, 0.05) is 18.4 Å². The largest absolute Gasteiger partial charge is 0.320 e. The van der Waals surface area contributed by atoms with E-state index < -0.39 is 0 Å². The van der Waals surface area contributed by atoms with Gasteiger partial charge in [-0.1, -0.05) is 11.8 Å². The number of hydrogen-bond acceptors (Lipinski definition) is 3. The molecule has 104 valence electrons. The highest BCUT2D eigenvalue weighted by molar-refractivity contribution is 6.15. The predicted octanol–water partition coefficient (Wildman–Crippen LogP) is 1.74. The lowest BCUT2D eigenvalue weighted by atomic mass is 10.1. The van der Waals surface area contributed by atoms with Crippen molar-refractivity contribution >= 4 is 17.5 Å². The van der Waals surface area contributed by atoms with Crippen LogP contribution in [0.5, 0.6) is 0 Å². The second-order valence-corrected chi connectivity index (χ2v) is 4.89. The smallest absolute Gasteiger partial charge is 0.233 e. The lowest BCUT2D eigenvalue weighted by Gasteiger charge is -2.19. The fourth-order valence-electron chi connectivity index (χ4n) is 2.32. The van der Waals surface area contributed by atoms with E-state index in [1.165, 1.54) is 4.90 Å². The van der Waals surface area contributed by atoms with Crippen LogP contribution in [-0.4, -0.2) is 18.4 Å². The topological polar surface area (TPSA) is 63.4 Å². The van der Waals surface area contributed by atoms with E-state index in [1.54, 1.807) is 6.07 Å². The summed E-state index contributed by atoms with van der Waals surface area (Å²) < 4.78 is 0. The van der Waals surface area contributed by atoms with E-state index >= 15 is 0 Å². The molecule has 0 radical (unpaired) electrons. The van der Waals surface area contributed by atoms with Gasteiger partial charge in [-0.2, -0.15) is 0 Å². The molecule has 0 atom stereocenters. The molecular weight excluding hydrogens is 252 g/mol. The zero-order valence-electron chi connectivity index (χ0n) is 11.6. The van der Waals surface area contributed by atoms with Crippen LogP contribution in [0.3, 0.4) is 0 Å². The highest BCUT2D eigenvalue weighted by Crippen LogP contribution is 2.24. The van der Waals surface area contributed by atoms with Gasteiger partial charge in [0.25, 0.3) is 0 Å². The SMILES string of the molecule is Cc1cc(C#CCN)cc(N2C(=O)CCCCC2=O)c1. The van der Waals surface area contributed by atoms with Gasteiger partial charge in [0.15, 0.2) is 0 Å². The van der Waals surface area contributed by atoms with Crippen molar-refractivity contribution in [1.29, 1.82) is 0 Å². The average molecular weight is 270 g/mol. The van der Waals surface area contributed by atoms with Crippen molar-refractivity contribution in [2.75, 3.05) is 11.4 Å². The summed E-state index contributed by atoms with van der Waals surface area (Å²) in [6.45, 7) is 2.20. The van der Waals surface area contributed by atoms with Gasteiger partial charge in [0.05, 0.1) is 12.2 Å². The van der Waals surface area contributed by atoms with Crippen LogP contribution in [0.15, 0.2) is 18.2 Å². The molecule has 2 rings (SSSR count). The van der Waals surface area contributed by atoms with Gasteiger partial charge in [-0.3, -0.25) is 14.5 Å². The van der Waals surface area contributed by atoms with Gasteiger partial charge < -0.3 is 5.73 Å². The van der Waals surface area contributed by atoms with Gasteiger partial charge in [0.2, 0.25) is 11.8 Å². The van der Waals surface area contributed by atoms with Crippen LogP contribution in [0.25, 0.3) is 0 Å². The third-order valence-electron chi connectivity index (χ3n) is 3.19. The quantitative estimate of drug-likeness (QED) is 0.624. The van der Waals surface area contributed by atoms with Crippen molar-refractivity contribution in [3.63, 3.8) is 0 Å². The van der Waals surface area contributed by atoms with Crippen molar-refractivity contribution < 1.29 is 9.59 Å². The Balaban J connectivity index is 2.42. The number of hydrogen-bond donors (Lipinski definition) is 1. The van der Waals surface area contributed by atoms with E-state index in [4.69, 9.17) is 5.73 Å². The number of amides is 2. The molecule has 4 heteroatoms. The molecule has 0 aromatic heterocycles. The summed E-state index contributed by atoms with van der Waals surface area (Å²) in [6, 6.07) is 5.53. The first-order chi connectivity index (χ1) is 9.61.